The Hall–Kier alpha value is -2.02. The molecule has 112 valence electrons. The van der Waals surface area contributed by atoms with Gasteiger partial charge in [0.2, 0.25) is 0 Å². The molecular formula is C16H18N5S+. The predicted octanol–water partition coefficient (Wildman–Crippen LogP) is 1.12. The van der Waals surface area contributed by atoms with Gasteiger partial charge >= 0.3 is 0 Å². The Labute approximate surface area is 132 Å². The minimum Gasteiger partial charge on any atom is -0.326 e. The summed E-state index contributed by atoms with van der Waals surface area (Å²) < 4.78 is 0. The van der Waals surface area contributed by atoms with E-state index < -0.39 is 0 Å². The molecule has 0 aliphatic carbocycles. The summed E-state index contributed by atoms with van der Waals surface area (Å²) in [5.41, 5.74) is 5.48. The lowest BCUT2D eigenvalue weighted by Gasteiger charge is -2.24. The molecule has 1 atom stereocenters. The number of nitrogens with zero attached hydrogens (tertiary/aromatic N) is 2. The minimum absolute atomic E-state index is 0.744. The highest BCUT2D eigenvalue weighted by Gasteiger charge is 2.26. The van der Waals surface area contributed by atoms with E-state index in [1.54, 1.807) is 22.6 Å². The maximum atomic E-state index is 5.60. The van der Waals surface area contributed by atoms with Crippen LogP contribution in [0.2, 0.25) is 0 Å². The number of hydrogen-bond acceptors (Lipinski definition) is 5. The first-order valence-corrected chi connectivity index (χ1v) is 8.26. The van der Waals surface area contributed by atoms with Crippen LogP contribution in [0, 0.1) is 0 Å². The largest absolute Gasteiger partial charge is 0.326 e. The fraction of sp³-hybridized carbons (Fsp3) is 0.250. The normalized spacial score (nSPS) is 17.4. The number of anilines is 1. The van der Waals surface area contributed by atoms with Crippen molar-refractivity contribution >= 4 is 27.4 Å². The number of hydrogen-bond donors (Lipinski definition) is 3. The Balaban J connectivity index is 1.64. The van der Waals surface area contributed by atoms with Gasteiger partial charge in [0.05, 0.1) is 16.8 Å². The number of hydrazine groups is 1. The van der Waals surface area contributed by atoms with Crippen LogP contribution in [-0.2, 0) is 19.5 Å². The molecule has 6 heteroatoms. The molecule has 5 nitrogen and oxygen atoms in total. The standard InChI is InChI=1S/C16H17N5S/c17-20-15-14-12-6-7-21(8-11-4-2-1-3-5-11)9-13(12)22-16(14)19-10-18-15/h1-5,10H,6-9,17H2,(H,18,19,20)/p+1. The molecular weight excluding hydrogens is 294 g/mol. The van der Waals surface area contributed by atoms with Crippen molar-refractivity contribution < 1.29 is 4.90 Å². The van der Waals surface area contributed by atoms with E-state index in [4.69, 9.17) is 5.84 Å². The molecule has 3 aromatic rings. The number of quaternary nitrogens is 1. The van der Waals surface area contributed by atoms with Gasteiger partial charge in [0, 0.05) is 12.0 Å². The maximum absolute atomic E-state index is 5.60. The van der Waals surface area contributed by atoms with Gasteiger partial charge in [-0.25, -0.2) is 15.8 Å². The summed E-state index contributed by atoms with van der Waals surface area (Å²) in [6, 6.07) is 10.7. The number of fused-ring (bicyclic) bond motifs is 3. The lowest BCUT2D eigenvalue weighted by Crippen LogP contribution is -3.10. The first-order chi connectivity index (χ1) is 10.8. The van der Waals surface area contributed by atoms with Crippen LogP contribution >= 0.6 is 11.3 Å². The van der Waals surface area contributed by atoms with E-state index >= 15 is 0 Å². The SMILES string of the molecule is NNc1ncnc2sc3c(c12)CC[NH+](Cc1ccccc1)C3. The number of benzene rings is 1. The number of nitrogen functional groups attached to an aromatic ring is 1. The minimum atomic E-state index is 0.744. The summed E-state index contributed by atoms with van der Waals surface area (Å²) in [6.07, 6.45) is 2.63. The number of nitrogens with one attached hydrogen (secondary N) is 2. The first-order valence-electron chi connectivity index (χ1n) is 7.44. The van der Waals surface area contributed by atoms with E-state index in [-0.39, 0.29) is 0 Å². The van der Waals surface area contributed by atoms with Crippen LogP contribution in [0.5, 0.6) is 0 Å². The molecule has 0 saturated heterocycles. The van der Waals surface area contributed by atoms with Crippen molar-refractivity contribution in [1.82, 2.24) is 9.97 Å². The molecule has 1 unspecified atom stereocenters. The fourth-order valence-corrected chi connectivity index (χ4v) is 4.46. The second-order valence-corrected chi connectivity index (χ2v) is 6.72. The van der Waals surface area contributed by atoms with Crippen molar-refractivity contribution in [3.63, 3.8) is 0 Å². The van der Waals surface area contributed by atoms with E-state index in [2.05, 4.69) is 45.7 Å². The predicted molar refractivity (Wildman–Crippen MR) is 88.6 cm³/mol. The Bertz CT molecular complexity index is 799. The van der Waals surface area contributed by atoms with Crippen molar-refractivity contribution in [2.24, 2.45) is 5.84 Å². The third-order valence-electron chi connectivity index (χ3n) is 4.24. The number of nitrogens with two attached hydrogens (primary N) is 1. The molecule has 1 aromatic carbocycles. The summed E-state index contributed by atoms with van der Waals surface area (Å²) in [5, 5.41) is 1.11. The van der Waals surface area contributed by atoms with Crippen LogP contribution in [0.15, 0.2) is 36.7 Å². The summed E-state index contributed by atoms with van der Waals surface area (Å²) in [6.45, 7) is 3.25. The van der Waals surface area contributed by atoms with Crippen molar-refractivity contribution in [3.05, 3.63) is 52.7 Å². The topological polar surface area (TPSA) is 68.3 Å². The third kappa shape index (κ3) is 2.35. The van der Waals surface area contributed by atoms with Crippen molar-refractivity contribution in [2.75, 3.05) is 12.0 Å². The van der Waals surface area contributed by atoms with E-state index in [1.165, 1.54) is 16.0 Å². The molecule has 0 bridgehead atoms. The fourth-order valence-electron chi connectivity index (χ4n) is 3.21. The lowest BCUT2D eigenvalue weighted by atomic mass is 10.0. The van der Waals surface area contributed by atoms with Crippen LogP contribution in [0.4, 0.5) is 5.82 Å². The van der Waals surface area contributed by atoms with Gasteiger partial charge in [-0.1, -0.05) is 30.3 Å². The Morgan fingerprint density at radius 3 is 2.91 bits per heavy atom. The Kier molecular flexibility index (Phi) is 3.49. The van der Waals surface area contributed by atoms with Crippen LogP contribution in [0.3, 0.4) is 0 Å². The molecule has 2 aromatic heterocycles. The van der Waals surface area contributed by atoms with Gasteiger partial charge in [-0.05, 0) is 5.56 Å². The average Bonchev–Trinajstić information content (AvgIpc) is 2.93. The number of rotatable bonds is 3. The van der Waals surface area contributed by atoms with Gasteiger partial charge in [0.1, 0.15) is 24.2 Å². The van der Waals surface area contributed by atoms with Gasteiger partial charge in [0.15, 0.2) is 5.82 Å². The smallest absolute Gasteiger partial charge is 0.152 e. The lowest BCUT2D eigenvalue weighted by molar-refractivity contribution is -0.929. The molecule has 0 saturated carbocycles. The zero-order valence-corrected chi connectivity index (χ0v) is 13.0. The number of aromatic nitrogens is 2. The van der Waals surface area contributed by atoms with Crippen molar-refractivity contribution in [1.29, 1.82) is 0 Å². The highest BCUT2D eigenvalue weighted by Crippen LogP contribution is 2.34. The molecule has 22 heavy (non-hydrogen) atoms. The van der Waals surface area contributed by atoms with Crippen LogP contribution in [0.25, 0.3) is 10.2 Å². The highest BCUT2D eigenvalue weighted by molar-refractivity contribution is 7.18. The van der Waals surface area contributed by atoms with E-state index in [1.807, 2.05) is 0 Å². The molecule has 4 rings (SSSR count). The summed E-state index contributed by atoms with van der Waals surface area (Å²) in [5.74, 6) is 6.34. The number of thiophene rings is 1. The molecule has 3 heterocycles. The van der Waals surface area contributed by atoms with Gasteiger partial charge in [-0.3, -0.25) is 0 Å². The van der Waals surface area contributed by atoms with Gasteiger partial charge in [-0.2, -0.15) is 0 Å². The molecule has 0 spiro atoms. The average molecular weight is 312 g/mol. The van der Waals surface area contributed by atoms with E-state index in [0.717, 1.165) is 42.1 Å². The summed E-state index contributed by atoms with van der Waals surface area (Å²) >= 11 is 1.78. The van der Waals surface area contributed by atoms with Gasteiger partial charge < -0.3 is 10.3 Å². The molecule has 0 radical (unpaired) electrons. The van der Waals surface area contributed by atoms with Crippen LogP contribution < -0.4 is 16.2 Å². The molecule has 0 fully saturated rings. The first kappa shape index (κ1) is 13.6. The zero-order chi connectivity index (χ0) is 14.9. The second-order valence-electron chi connectivity index (χ2n) is 5.64. The molecule has 1 aliphatic rings. The monoisotopic (exact) mass is 312 g/mol. The maximum Gasteiger partial charge on any atom is 0.152 e. The van der Waals surface area contributed by atoms with Crippen LogP contribution in [-0.4, -0.2) is 16.5 Å². The summed E-state index contributed by atoms with van der Waals surface area (Å²) in [4.78, 5) is 12.7. The van der Waals surface area contributed by atoms with Crippen molar-refractivity contribution in [3.8, 4) is 0 Å². The van der Waals surface area contributed by atoms with E-state index in [0.29, 0.717) is 0 Å². The molecule has 1 aliphatic heterocycles. The van der Waals surface area contributed by atoms with E-state index in [9.17, 15) is 0 Å². The quantitative estimate of drug-likeness (QED) is 0.501. The Morgan fingerprint density at radius 2 is 2.09 bits per heavy atom. The Morgan fingerprint density at radius 1 is 1.23 bits per heavy atom. The molecule has 4 N–H and O–H groups in total. The van der Waals surface area contributed by atoms with Crippen LogP contribution in [0.1, 0.15) is 16.0 Å². The zero-order valence-electron chi connectivity index (χ0n) is 12.2. The van der Waals surface area contributed by atoms with Gasteiger partial charge in [-0.15, -0.1) is 11.3 Å². The summed E-state index contributed by atoms with van der Waals surface area (Å²) in [7, 11) is 0. The third-order valence-corrected chi connectivity index (χ3v) is 5.38. The molecule has 0 amide bonds. The highest BCUT2D eigenvalue weighted by atomic mass is 32.1. The van der Waals surface area contributed by atoms with Crippen molar-refractivity contribution in [2.45, 2.75) is 19.5 Å². The second kappa shape index (κ2) is 5.64. The van der Waals surface area contributed by atoms with Gasteiger partial charge in [0.25, 0.3) is 0 Å².